The molecule has 0 heterocycles. The molecular weight excluding hydrogens is 180 g/mol. The van der Waals surface area contributed by atoms with Gasteiger partial charge in [-0.1, -0.05) is 43.3 Å². The van der Waals surface area contributed by atoms with Gasteiger partial charge in [-0.25, -0.2) is 0 Å². The second-order valence-electron chi connectivity index (χ2n) is 4.05. The molecule has 1 aromatic rings. The van der Waals surface area contributed by atoms with Crippen LogP contribution >= 0.6 is 0 Å². The van der Waals surface area contributed by atoms with Crippen molar-refractivity contribution in [3.8, 4) is 0 Å². The highest BCUT2D eigenvalue weighted by molar-refractivity contribution is 5.68. The zero-order valence-electron chi connectivity index (χ0n) is 9.96. The van der Waals surface area contributed by atoms with Gasteiger partial charge in [0.15, 0.2) is 0 Å². The van der Waals surface area contributed by atoms with Crippen LogP contribution in [-0.4, -0.2) is 0 Å². The van der Waals surface area contributed by atoms with E-state index in [1.54, 1.807) is 0 Å². The molecule has 0 aliphatic carbocycles. The fourth-order valence-corrected chi connectivity index (χ4v) is 1.75. The van der Waals surface area contributed by atoms with Gasteiger partial charge in [0.1, 0.15) is 0 Å². The Morgan fingerprint density at radius 3 is 2.60 bits per heavy atom. The highest BCUT2D eigenvalue weighted by Gasteiger charge is 2.06. The minimum Gasteiger partial charge on any atom is -0.103 e. The van der Waals surface area contributed by atoms with Crippen molar-refractivity contribution in [3.63, 3.8) is 0 Å². The molecule has 1 rings (SSSR count). The Morgan fingerprint density at radius 1 is 1.40 bits per heavy atom. The lowest BCUT2D eigenvalue weighted by Crippen LogP contribution is -1.94. The van der Waals surface area contributed by atoms with Crippen LogP contribution in [0.5, 0.6) is 0 Å². The lowest BCUT2D eigenvalue weighted by Gasteiger charge is -2.13. The van der Waals surface area contributed by atoms with Crippen molar-refractivity contribution in [3.05, 3.63) is 54.1 Å². The van der Waals surface area contributed by atoms with Crippen molar-refractivity contribution in [2.75, 3.05) is 0 Å². The molecule has 0 unspecified atom stereocenters. The molecule has 1 atom stereocenters. The molecule has 0 amide bonds. The first-order valence-corrected chi connectivity index (χ1v) is 5.52. The molecule has 0 fully saturated rings. The maximum Gasteiger partial charge on any atom is -0.0198 e. The molecular formula is C15H20. The van der Waals surface area contributed by atoms with E-state index in [2.05, 4.69) is 57.7 Å². The number of allylic oxidation sites excluding steroid dienone is 3. The van der Waals surface area contributed by atoms with Gasteiger partial charge in [0.2, 0.25) is 0 Å². The highest BCUT2D eigenvalue weighted by Crippen LogP contribution is 2.25. The molecule has 0 nitrogen and oxygen atoms in total. The Hall–Kier alpha value is -1.30. The van der Waals surface area contributed by atoms with E-state index in [0.717, 1.165) is 6.42 Å². The number of hydrogen-bond donors (Lipinski definition) is 0. The van der Waals surface area contributed by atoms with Gasteiger partial charge in [0.05, 0.1) is 0 Å². The summed E-state index contributed by atoms with van der Waals surface area (Å²) in [5.74, 6) is 0.538. The van der Waals surface area contributed by atoms with E-state index in [-0.39, 0.29) is 0 Å². The third-order valence-electron chi connectivity index (χ3n) is 2.78. The fraction of sp³-hybridized carbons (Fsp3) is 0.333. The van der Waals surface area contributed by atoms with Crippen LogP contribution in [-0.2, 0) is 0 Å². The van der Waals surface area contributed by atoms with Gasteiger partial charge in [-0.2, -0.15) is 0 Å². The molecule has 80 valence electrons. The van der Waals surface area contributed by atoms with Gasteiger partial charge in [-0.3, -0.25) is 0 Å². The van der Waals surface area contributed by atoms with Crippen molar-refractivity contribution in [2.24, 2.45) is 5.92 Å². The van der Waals surface area contributed by atoms with Crippen molar-refractivity contribution in [1.29, 1.82) is 0 Å². The summed E-state index contributed by atoms with van der Waals surface area (Å²) in [5.41, 5.74) is 4.14. The maximum atomic E-state index is 3.84. The molecule has 0 saturated carbocycles. The number of benzene rings is 1. The summed E-state index contributed by atoms with van der Waals surface area (Å²) >= 11 is 0. The van der Waals surface area contributed by atoms with Crippen LogP contribution in [0.15, 0.2) is 43.0 Å². The van der Waals surface area contributed by atoms with E-state index in [4.69, 9.17) is 0 Å². The van der Waals surface area contributed by atoms with Crippen LogP contribution in [0.2, 0.25) is 0 Å². The molecule has 0 aromatic heterocycles. The lowest BCUT2D eigenvalue weighted by molar-refractivity contribution is 0.757. The van der Waals surface area contributed by atoms with Crippen LogP contribution < -0.4 is 0 Å². The van der Waals surface area contributed by atoms with Crippen LogP contribution in [0.1, 0.15) is 31.4 Å². The molecule has 0 aliphatic rings. The first-order valence-electron chi connectivity index (χ1n) is 5.52. The van der Waals surface area contributed by atoms with E-state index >= 15 is 0 Å². The van der Waals surface area contributed by atoms with Crippen LogP contribution in [0, 0.1) is 12.8 Å². The summed E-state index contributed by atoms with van der Waals surface area (Å²) < 4.78 is 0. The lowest BCUT2D eigenvalue weighted by atomic mass is 9.92. The minimum absolute atomic E-state index is 0.538. The molecule has 0 aliphatic heterocycles. The summed E-state index contributed by atoms with van der Waals surface area (Å²) in [6.45, 7) is 10.3. The predicted molar refractivity (Wildman–Crippen MR) is 68.8 cm³/mol. The largest absolute Gasteiger partial charge is 0.103 e. The van der Waals surface area contributed by atoms with Crippen LogP contribution in [0.3, 0.4) is 0 Å². The fourth-order valence-electron chi connectivity index (χ4n) is 1.75. The quantitative estimate of drug-likeness (QED) is 0.622. The topological polar surface area (TPSA) is 0 Å². The number of aryl methyl sites for hydroxylation is 1. The molecule has 0 bridgehead atoms. The van der Waals surface area contributed by atoms with E-state index in [9.17, 15) is 0 Å². The monoisotopic (exact) mass is 200 g/mol. The average Bonchev–Trinajstić information content (AvgIpc) is 2.26. The Morgan fingerprint density at radius 2 is 2.07 bits per heavy atom. The van der Waals surface area contributed by atoms with Gasteiger partial charge in [0, 0.05) is 0 Å². The molecule has 0 radical (unpaired) electrons. The summed E-state index contributed by atoms with van der Waals surface area (Å²) in [7, 11) is 0. The number of rotatable bonds is 4. The van der Waals surface area contributed by atoms with Crippen molar-refractivity contribution in [2.45, 2.75) is 27.2 Å². The smallest absolute Gasteiger partial charge is 0.0198 e. The molecule has 15 heavy (non-hydrogen) atoms. The van der Waals surface area contributed by atoms with E-state index in [1.165, 1.54) is 16.7 Å². The highest BCUT2D eigenvalue weighted by atomic mass is 14.1. The first kappa shape index (κ1) is 11.8. The van der Waals surface area contributed by atoms with Gasteiger partial charge < -0.3 is 0 Å². The first-order chi connectivity index (χ1) is 7.19. The summed E-state index contributed by atoms with van der Waals surface area (Å²) in [6, 6.07) is 8.55. The van der Waals surface area contributed by atoms with Gasteiger partial charge in [0.25, 0.3) is 0 Å². The molecule has 0 saturated heterocycles. The van der Waals surface area contributed by atoms with Crippen molar-refractivity contribution >= 4 is 5.57 Å². The molecule has 0 spiro atoms. The minimum atomic E-state index is 0.538. The summed E-state index contributed by atoms with van der Waals surface area (Å²) in [6.07, 6.45) is 5.30. The van der Waals surface area contributed by atoms with Gasteiger partial charge in [-0.15, -0.1) is 6.58 Å². The predicted octanol–water partition coefficient (Wildman–Crippen LogP) is 4.61. The molecule has 0 heteroatoms. The standard InChI is InChI=1S/C15H20/c1-5-12(3)11-14(6-2)15-10-8-7-9-13(15)4/h5-10,12H,1,11H2,2-4H3/b14-6-/t12-/m0/s1. The Labute approximate surface area is 93.3 Å². The van der Waals surface area contributed by atoms with E-state index < -0.39 is 0 Å². The van der Waals surface area contributed by atoms with Crippen molar-refractivity contribution in [1.82, 2.24) is 0 Å². The Kier molecular flexibility index (Phi) is 4.36. The normalized spacial score (nSPS) is 13.7. The van der Waals surface area contributed by atoms with Crippen molar-refractivity contribution < 1.29 is 0 Å². The Bertz CT molecular complexity index is 358. The average molecular weight is 200 g/mol. The second-order valence-corrected chi connectivity index (χ2v) is 4.05. The zero-order valence-corrected chi connectivity index (χ0v) is 9.96. The van der Waals surface area contributed by atoms with Gasteiger partial charge in [-0.05, 0) is 42.9 Å². The summed E-state index contributed by atoms with van der Waals surface area (Å²) in [5, 5.41) is 0. The van der Waals surface area contributed by atoms with E-state index in [1.807, 2.05) is 6.08 Å². The maximum absolute atomic E-state index is 3.84. The van der Waals surface area contributed by atoms with Gasteiger partial charge >= 0.3 is 0 Å². The number of hydrogen-bond acceptors (Lipinski definition) is 0. The van der Waals surface area contributed by atoms with E-state index in [0.29, 0.717) is 5.92 Å². The third-order valence-corrected chi connectivity index (χ3v) is 2.78. The SMILES string of the molecule is C=C[C@H](C)C/C(=C/C)c1ccccc1C. The molecule has 1 aromatic carbocycles. The molecule has 0 N–H and O–H groups in total. The second kappa shape index (κ2) is 5.55. The van der Waals surface area contributed by atoms with Crippen LogP contribution in [0.4, 0.5) is 0 Å². The van der Waals surface area contributed by atoms with Crippen LogP contribution in [0.25, 0.3) is 5.57 Å². The third kappa shape index (κ3) is 3.09. The summed E-state index contributed by atoms with van der Waals surface area (Å²) in [4.78, 5) is 0. The Balaban J connectivity index is 2.94. The zero-order chi connectivity index (χ0) is 11.3.